The first-order valence-electron chi connectivity index (χ1n) is 1.19. The molecule has 0 aromatic carbocycles. The summed E-state index contributed by atoms with van der Waals surface area (Å²) in [6, 6.07) is 0. The zero-order valence-corrected chi connectivity index (χ0v) is 4.22. The Hall–Kier alpha value is -0.0631. The lowest BCUT2D eigenvalue weighted by Gasteiger charge is -1.93. The van der Waals surface area contributed by atoms with Crippen LogP contribution in [0.3, 0.4) is 0 Å². The van der Waals surface area contributed by atoms with Crippen LogP contribution in [-0.4, -0.2) is 23.8 Å². The molecule has 0 saturated heterocycles. The Morgan fingerprint density at radius 2 is 1.29 bits per heavy atom. The van der Waals surface area contributed by atoms with Crippen LogP contribution in [0.2, 0.25) is 0 Å². The summed E-state index contributed by atoms with van der Waals surface area (Å²) in [5.74, 6) is 0. The van der Waals surface area contributed by atoms with Gasteiger partial charge in [-0.1, -0.05) is 0 Å². The quantitative estimate of drug-likeness (QED) is 0.340. The SMILES string of the molecule is FCC(F)(F)F.[Si]. The van der Waals surface area contributed by atoms with Crippen LogP contribution in [0, 0.1) is 0 Å². The van der Waals surface area contributed by atoms with E-state index >= 15 is 0 Å². The van der Waals surface area contributed by atoms with Crippen molar-refractivity contribution in [2.24, 2.45) is 0 Å². The van der Waals surface area contributed by atoms with E-state index in [2.05, 4.69) is 0 Å². The Kier molecular flexibility index (Phi) is 4.31. The van der Waals surface area contributed by atoms with Crippen LogP contribution in [0.4, 0.5) is 17.6 Å². The van der Waals surface area contributed by atoms with Crippen LogP contribution in [0.25, 0.3) is 0 Å². The molecule has 0 aliphatic carbocycles. The van der Waals surface area contributed by atoms with Gasteiger partial charge in [0.15, 0.2) is 6.67 Å². The van der Waals surface area contributed by atoms with Gasteiger partial charge in [-0.25, -0.2) is 4.39 Å². The van der Waals surface area contributed by atoms with E-state index in [0.29, 0.717) is 0 Å². The summed E-state index contributed by atoms with van der Waals surface area (Å²) in [5, 5.41) is 0. The zero-order valence-electron chi connectivity index (χ0n) is 3.22. The Morgan fingerprint density at radius 1 is 1.14 bits per heavy atom. The predicted molar refractivity (Wildman–Crippen MR) is 17.8 cm³/mol. The largest absolute Gasteiger partial charge is 0.416 e. The maximum atomic E-state index is 10.4. The molecule has 0 amide bonds. The monoisotopic (exact) mass is 130 g/mol. The molecule has 5 heteroatoms. The van der Waals surface area contributed by atoms with Crippen molar-refractivity contribution in [3.63, 3.8) is 0 Å². The average Bonchev–Trinajstić information content (AvgIpc) is 1.35. The molecule has 0 atom stereocenters. The summed E-state index contributed by atoms with van der Waals surface area (Å²) in [4.78, 5) is 0. The molecule has 0 spiro atoms. The molecular weight excluding hydrogens is 128 g/mol. The van der Waals surface area contributed by atoms with Gasteiger partial charge in [-0.2, -0.15) is 13.2 Å². The number of rotatable bonds is 0. The lowest BCUT2D eigenvalue weighted by molar-refractivity contribution is -0.142. The molecule has 0 unspecified atom stereocenters. The topological polar surface area (TPSA) is 0 Å². The maximum absolute atomic E-state index is 10.4. The van der Waals surface area contributed by atoms with Crippen LogP contribution >= 0.6 is 0 Å². The lowest BCUT2D eigenvalue weighted by atomic mass is 10.8. The van der Waals surface area contributed by atoms with E-state index in [1.54, 1.807) is 0 Å². The highest BCUT2D eigenvalue weighted by Crippen LogP contribution is 2.13. The molecule has 4 radical (unpaired) electrons. The first kappa shape index (κ1) is 10.0. The zero-order chi connectivity index (χ0) is 5.21. The molecule has 42 valence electrons. The van der Waals surface area contributed by atoms with Gasteiger partial charge in [-0.3, -0.25) is 0 Å². The Balaban J connectivity index is 0. The van der Waals surface area contributed by atoms with Gasteiger partial charge in [-0.05, 0) is 0 Å². The highest BCUT2D eigenvalue weighted by molar-refractivity contribution is 5.75. The molecule has 0 nitrogen and oxygen atoms in total. The van der Waals surface area contributed by atoms with Gasteiger partial charge in [0.2, 0.25) is 0 Å². The van der Waals surface area contributed by atoms with Gasteiger partial charge in [-0.15, -0.1) is 0 Å². The average molecular weight is 130 g/mol. The molecule has 0 heterocycles. The van der Waals surface area contributed by atoms with Gasteiger partial charge in [0.25, 0.3) is 0 Å². The number of halogens is 4. The Morgan fingerprint density at radius 3 is 1.29 bits per heavy atom. The van der Waals surface area contributed by atoms with Crippen molar-refractivity contribution in [3.8, 4) is 0 Å². The van der Waals surface area contributed by atoms with E-state index in [0.717, 1.165) is 0 Å². The van der Waals surface area contributed by atoms with Crippen LogP contribution in [0.5, 0.6) is 0 Å². The summed E-state index contributed by atoms with van der Waals surface area (Å²) >= 11 is 0. The van der Waals surface area contributed by atoms with Crippen molar-refractivity contribution in [2.75, 3.05) is 6.67 Å². The van der Waals surface area contributed by atoms with Crippen molar-refractivity contribution < 1.29 is 17.6 Å². The number of hydrogen-bond donors (Lipinski definition) is 0. The molecule has 0 saturated carbocycles. The van der Waals surface area contributed by atoms with E-state index < -0.39 is 12.9 Å². The number of alkyl halides is 4. The Labute approximate surface area is 42.5 Å². The molecule has 0 fully saturated rings. The van der Waals surface area contributed by atoms with Gasteiger partial charge in [0, 0.05) is 11.0 Å². The van der Waals surface area contributed by atoms with E-state index in [9.17, 15) is 17.6 Å². The first-order valence-corrected chi connectivity index (χ1v) is 1.19. The van der Waals surface area contributed by atoms with E-state index in [4.69, 9.17) is 0 Å². The van der Waals surface area contributed by atoms with Crippen molar-refractivity contribution in [3.05, 3.63) is 0 Å². The summed E-state index contributed by atoms with van der Waals surface area (Å²) in [7, 11) is 0. The normalized spacial score (nSPS) is 10.3. The minimum Gasteiger partial charge on any atom is -0.241 e. The standard InChI is InChI=1S/C2H2F4.Si/c3-1-2(4,5)6;/h1H2;. The second-order valence-corrected chi connectivity index (χ2v) is 0.749. The maximum Gasteiger partial charge on any atom is 0.416 e. The fraction of sp³-hybridized carbons (Fsp3) is 1.00. The minimum absolute atomic E-state index is 0. The fourth-order valence-electron chi connectivity index (χ4n) is 0. The molecule has 7 heavy (non-hydrogen) atoms. The first-order chi connectivity index (χ1) is 2.56. The van der Waals surface area contributed by atoms with Crippen LogP contribution in [0.1, 0.15) is 0 Å². The fourth-order valence-corrected chi connectivity index (χ4v) is 0. The van der Waals surface area contributed by atoms with Crippen molar-refractivity contribution >= 4 is 11.0 Å². The van der Waals surface area contributed by atoms with Crippen LogP contribution < -0.4 is 0 Å². The summed E-state index contributed by atoms with van der Waals surface area (Å²) in [6.07, 6.45) is -4.62. The summed E-state index contributed by atoms with van der Waals surface area (Å²) < 4.78 is 41.6. The molecule has 0 N–H and O–H groups in total. The number of hydrogen-bond acceptors (Lipinski definition) is 0. The van der Waals surface area contributed by atoms with Gasteiger partial charge < -0.3 is 0 Å². The van der Waals surface area contributed by atoms with Crippen molar-refractivity contribution in [1.29, 1.82) is 0 Å². The molecule has 0 bridgehead atoms. The van der Waals surface area contributed by atoms with Gasteiger partial charge >= 0.3 is 6.18 Å². The lowest BCUT2D eigenvalue weighted by Crippen LogP contribution is -2.08. The Bertz CT molecular complexity index is 39.4. The predicted octanol–water partition coefficient (Wildman–Crippen LogP) is 1.14. The van der Waals surface area contributed by atoms with Crippen LogP contribution in [0.15, 0.2) is 0 Å². The molecule has 0 rings (SSSR count). The van der Waals surface area contributed by atoms with Gasteiger partial charge in [0.1, 0.15) is 0 Å². The second kappa shape index (κ2) is 3.01. The molecule has 0 aliphatic heterocycles. The molecule has 0 aromatic heterocycles. The summed E-state index contributed by atoms with van der Waals surface area (Å²) in [6.45, 7) is -2.23. The highest BCUT2D eigenvalue weighted by atomic mass is 28.1. The third-order valence-corrected chi connectivity index (χ3v) is 0.152. The third-order valence-electron chi connectivity index (χ3n) is 0.152. The molecule has 0 aliphatic rings. The minimum atomic E-state index is -4.62. The van der Waals surface area contributed by atoms with Crippen molar-refractivity contribution in [1.82, 2.24) is 0 Å². The second-order valence-electron chi connectivity index (χ2n) is 0.749. The smallest absolute Gasteiger partial charge is 0.241 e. The molecule has 0 aromatic rings. The van der Waals surface area contributed by atoms with Gasteiger partial charge in [0.05, 0.1) is 0 Å². The van der Waals surface area contributed by atoms with Crippen LogP contribution in [-0.2, 0) is 0 Å². The third kappa shape index (κ3) is 10.7. The van der Waals surface area contributed by atoms with Crippen molar-refractivity contribution in [2.45, 2.75) is 6.18 Å². The van der Waals surface area contributed by atoms with E-state index in [-0.39, 0.29) is 11.0 Å². The van der Waals surface area contributed by atoms with E-state index in [1.165, 1.54) is 0 Å². The summed E-state index contributed by atoms with van der Waals surface area (Å²) in [5.41, 5.74) is 0. The van der Waals surface area contributed by atoms with E-state index in [1.807, 2.05) is 0 Å². The highest BCUT2D eigenvalue weighted by Gasteiger charge is 2.26. The molecular formula is C2H2F4Si.